The minimum absolute atomic E-state index is 0.0121. The molecule has 1 aliphatic carbocycles. The fourth-order valence-electron chi connectivity index (χ4n) is 6.47. The standard InChI is InChI=1S/C31H53N3O3/c1-24(2)26-14-10-15-27(21-26)31(36,17-8-9-19-37-4)28-16-11-18-34(23-28)30(35)33-29(22-32-3)20-25-12-6-5-7-13-25/h10,14-15,21,24-25,28-29,32,36H,5-9,11-13,16-20,22-23H2,1-4H3,(H,33,35). The lowest BCUT2D eigenvalue weighted by Crippen LogP contribution is -2.54. The number of urea groups is 1. The van der Waals surface area contributed by atoms with Crippen molar-refractivity contribution in [2.24, 2.45) is 11.8 Å². The molecule has 3 rings (SSSR count). The number of likely N-dealkylation sites (N-methyl/N-ethyl adjacent to an activating group) is 1. The maximum atomic E-state index is 13.5. The second-order valence-electron chi connectivity index (χ2n) is 11.9. The number of nitrogens with zero attached hydrogens (tertiary/aromatic N) is 1. The third kappa shape index (κ3) is 8.69. The van der Waals surface area contributed by atoms with Crippen molar-refractivity contribution >= 4 is 6.03 Å². The first-order valence-electron chi connectivity index (χ1n) is 14.9. The average Bonchev–Trinajstić information content (AvgIpc) is 2.92. The van der Waals surface area contributed by atoms with Crippen LogP contribution < -0.4 is 10.6 Å². The Labute approximate surface area is 225 Å². The van der Waals surface area contributed by atoms with Crippen molar-refractivity contribution in [2.75, 3.05) is 40.4 Å². The van der Waals surface area contributed by atoms with Gasteiger partial charge in [0.05, 0.1) is 5.60 Å². The maximum absolute atomic E-state index is 13.5. The van der Waals surface area contributed by atoms with E-state index >= 15 is 0 Å². The van der Waals surface area contributed by atoms with E-state index in [4.69, 9.17) is 4.74 Å². The van der Waals surface area contributed by atoms with Gasteiger partial charge in [0.1, 0.15) is 0 Å². The van der Waals surface area contributed by atoms with E-state index in [0.717, 1.165) is 50.8 Å². The highest BCUT2D eigenvalue weighted by Crippen LogP contribution is 2.40. The number of hydrogen-bond donors (Lipinski definition) is 3. The van der Waals surface area contributed by atoms with E-state index in [1.165, 1.54) is 37.7 Å². The number of piperidine rings is 1. The van der Waals surface area contributed by atoms with E-state index in [1.807, 2.05) is 11.9 Å². The zero-order valence-corrected chi connectivity index (χ0v) is 23.9. The van der Waals surface area contributed by atoms with E-state index in [2.05, 4.69) is 48.7 Å². The van der Waals surface area contributed by atoms with E-state index in [0.29, 0.717) is 31.4 Å². The van der Waals surface area contributed by atoms with Gasteiger partial charge in [-0.25, -0.2) is 4.79 Å². The summed E-state index contributed by atoms with van der Waals surface area (Å²) >= 11 is 0. The van der Waals surface area contributed by atoms with Crippen LogP contribution in [0.1, 0.15) is 102 Å². The van der Waals surface area contributed by atoms with Gasteiger partial charge in [-0.05, 0) is 68.5 Å². The summed E-state index contributed by atoms with van der Waals surface area (Å²) < 4.78 is 5.27. The summed E-state index contributed by atoms with van der Waals surface area (Å²) in [6, 6.07) is 8.66. The molecule has 1 aliphatic heterocycles. The fraction of sp³-hybridized carbons (Fsp3) is 0.774. The Kier molecular flexibility index (Phi) is 12.2. The largest absolute Gasteiger partial charge is 0.385 e. The highest BCUT2D eigenvalue weighted by molar-refractivity contribution is 5.74. The van der Waals surface area contributed by atoms with Gasteiger partial charge in [0, 0.05) is 45.3 Å². The summed E-state index contributed by atoms with van der Waals surface area (Å²) in [7, 11) is 3.69. The maximum Gasteiger partial charge on any atom is 0.317 e. The molecule has 1 heterocycles. The third-order valence-electron chi connectivity index (χ3n) is 8.71. The number of aliphatic hydroxyl groups is 1. The summed E-state index contributed by atoms with van der Waals surface area (Å²) in [5, 5.41) is 18.9. The Bertz CT molecular complexity index is 811. The molecule has 0 bridgehead atoms. The Hall–Kier alpha value is -1.63. The molecule has 6 heteroatoms. The molecule has 3 unspecified atom stereocenters. The van der Waals surface area contributed by atoms with Gasteiger partial charge in [-0.2, -0.15) is 0 Å². The number of carbonyl (C=O) groups excluding carboxylic acids is 1. The Morgan fingerprint density at radius 2 is 1.95 bits per heavy atom. The molecule has 1 aromatic carbocycles. The molecule has 0 radical (unpaired) electrons. The molecule has 2 aliphatic rings. The molecule has 1 aromatic rings. The van der Waals surface area contributed by atoms with Crippen molar-refractivity contribution in [1.29, 1.82) is 0 Å². The van der Waals surface area contributed by atoms with E-state index < -0.39 is 5.60 Å². The average molecular weight is 516 g/mol. The number of amides is 2. The number of likely N-dealkylation sites (tertiary alicyclic amines) is 1. The number of hydrogen-bond acceptors (Lipinski definition) is 4. The summed E-state index contributed by atoms with van der Waals surface area (Å²) in [6.45, 7) is 7.23. The van der Waals surface area contributed by atoms with Crippen LogP contribution in [0, 0.1) is 11.8 Å². The minimum Gasteiger partial charge on any atom is -0.385 e. The minimum atomic E-state index is -0.954. The zero-order chi connectivity index (χ0) is 26.7. The predicted octanol–water partition coefficient (Wildman–Crippen LogP) is 5.79. The first kappa shape index (κ1) is 29.9. The summed E-state index contributed by atoms with van der Waals surface area (Å²) in [6.07, 6.45) is 12.0. The van der Waals surface area contributed by atoms with Crippen molar-refractivity contribution in [1.82, 2.24) is 15.5 Å². The number of benzene rings is 1. The highest BCUT2D eigenvalue weighted by atomic mass is 16.5. The normalized spacial score (nSPS) is 21.6. The van der Waals surface area contributed by atoms with Crippen LogP contribution in [0.25, 0.3) is 0 Å². The van der Waals surface area contributed by atoms with Crippen molar-refractivity contribution in [3.63, 3.8) is 0 Å². The zero-order valence-electron chi connectivity index (χ0n) is 23.9. The van der Waals surface area contributed by atoms with Gasteiger partial charge in [-0.15, -0.1) is 0 Å². The molecule has 6 nitrogen and oxygen atoms in total. The van der Waals surface area contributed by atoms with E-state index in [9.17, 15) is 9.90 Å². The molecular formula is C31H53N3O3. The van der Waals surface area contributed by atoms with Crippen LogP contribution in [0.5, 0.6) is 0 Å². The number of unbranched alkanes of at least 4 members (excludes halogenated alkanes) is 1. The monoisotopic (exact) mass is 515 g/mol. The third-order valence-corrected chi connectivity index (χ3v) is 8.71. The van der Waals surface area contributed by atoms with E-state index in [1.54, 1.807) is 7.11 Å². The van der Waals surface area contributed by atoms with Crippen LogP contribution >= 0.6 is 0 Å². The Balaban J connectivity index is 1.72. The first-order chi connectivity index (χ1) is 17.9. The molecule has 37 heavy (non-hydrogen) atoms. The molecule has 3 atom stereocenters. The molecule has 210 valence electrons. The van der Waals surface area contributed by atoms with Crippen molar-refractivity contribution in [3.8, 4) is 0 Å². The highest BCUT2D eigenvalue weighted by Gasteiger charge is 2.41. The van der Waals surface area contributed by atoms with Crippen LogP contribution in [0.15, 0.2) is 24.3 Å². The van der Waals surface area contributed by atoms with Crippen LogP contribution in [0.2, 0.25) is 0 Å². The van der Waals surface area contributed by atoms with Gasteiger partial charge in [0.25, 0.3) is 0 Å². The van der Waals surface area contributed by atoms with Crippen LogP contribution in [-0.4, -0.2) is 62.5 Å². The molecule has 0 aromatic heterocycles. The summed E-state index contributed by atoms with van der Waals surface area (Å²) in [5.41, 5.74) is 1.29. The molecule has 1 saturated heterocycles. The summed E-state index contributed by atoms with van der Waals surface area (Å²) in [4.78, 5) is 15.4. The molecule has 1 saturated carbocycles. The Morgan fingerprint density at radius 3 is 2.65 bits per heavy atom. The fourth-order valence-corrected chi connectivity index (χ4v) is 6.47. The second-order valence-corrected chi connectivity index (χ2v) is 11.9. The number of ether oxygens (including phenoxy) is 1. The molecule has 0 spiro atoms. The first-order valence-corrected chi connectivity index (χ1v) is 14.9. The lowest BCUT2D eigenvalue weighted by molar-refractivity contribution is -0.0564. The van der Waals surface area contributed by atoms with Gasteiger partial charge in [-0.1, -0.05) is 70.2 Å². The van der Waals surface area contributed by atoms with Crippen LogP contribution in [0.3, 0.4) is 0 Å². The SMILES string of the molecule is CNCC(CC1CCCCC1)NC(=O)N1CCCC(C(O)(CCCCOC)c2cccc(C(C)C)c2)C1. The molecule has 3 N–H and O–H groups in total. The number of nitrogens with one attached hydrogen (secondary N) is 2. The van der Waals surface area contributed by atoms with Crippen molar-refractivity contribution in [2.45, 2.75) is 102 Å². The van der Waals surface area contributed by atoms with Crippen molar-refractivity contribution < 1.29 is 14.6 Å². The topological polar surface area (TPSA) is 73.8 Å². The predicted molar refractivity (Wildman–Crippen MR) is 152 cm³/mol. The molecule has 2 amide bonds. The van der Waals surface area contributed by atoms with Gasteiger partial charge in [-0.3, -0.25) is 0 Å². The summed E-state index contributed by atoms with van der Waals surface area (Å²) in [5.74, 6) is 1.13. The second kappa shape index (κ2) is 15.1. The Morgan fingerprint density at radius 1 is 1.16 bits per heavy atom. The van der Waals surface area contributed by atoms with Gasteiger partial charge in [0.2, 0.25) is 0 Å². The lowest BCUT2D eigenvalue weighted by atomic mass is 9.73. The molecular weight excluding hydrogens is 462 g/mol. The van der Waals surface area contributed by atoms with Crippen LogP contribution in [0.4, 0.5) is 4.79 Å². The number of carbonyl (C=O) groups is 1. The molecule has 2 fully saturated rings. The quantitative estimate of drug-likeness (QED) is 0.291. The number of rotatable bonds is 13. The lowest BCUT2D eigenvalue weighted by Gasteiger charge is -2.43. The number of methoxy groups -OCH3 is 1. The smallest absolute Gasteiger partial charge is 0.317 e. The van der Waals surface area contributed by atoms with Gasteiger partial charge < -0.3 is 25.4 Å². The van der Waals surface area contributed by atoms with Gasteiger partial charge >= 0.3 is 6.03 Å². The van der Waals surface area contributed by atoms with Crippen LogP contribution in [-0.2, 0) is 10.3 Å². The van der Waals surface area contributed by atoms with Gasteiger partial charge in [0.15, 0.2) is 0 Å². The van der Waals surface area contributed by atoms with Crippen molar-refractivity contribution in [3.05, 3.63) is 35.4 Å². The van der Waals surface area contributed by atoms with E-state index in [-0.39, 0.29) is 18.0 Å².